The average molecular weight is 252 g/mol. The molecule has 2 rings (SSSR count). The molecule has 1 N–H and O–H groups in total. The van der Waals surface area contributed by atoms with E-state index in [1.165, 1.54) is 9.75 Å². The molecule has 2 aromatic heterocycles. The van der Waals surface area contributed by atoms with Crippen LogP contribution in [0.2, 0.25) is 0 Å². The van der Waals surface area contributed by atoms with Gasteiger partial charge in [0, 0.05) is 28.0 Å². The third kappa shape index (κ3) is 2.70. The van der Waals surface area contributed by atoms with Crippen molar-refractivity contribution in [1.82, 2.24) is 10.3 Å². The molecule has 16 heavy (non-hydrogen) atoms. The lowest BCUT2D eigenvalue weighted by Crippen LogP contribution is -2.22. The fraction of sp³-hybridized carbons (Fsp3) is 0.417. The molecule has 0 saturated heterocycles. The van der Waals surface area contributed by atoms with Crippen LogP contribution in [0, 0.1) is 0 Å². The molecule has 0 aliphatic rings. The molecular weight excluding hydrogens is 236 g/mol. The summed E-state index contributed by atoms with van der Waals surface area (Å²) in [4.78, 5) is 6.84. The third-order valence-corrected chi connectivity index (χ3v) is 4.57. The van der Waals surface area contributed by atoms with E-state index in [2.05, 4.69) is 41.7 Å². The van der Waals surface area contributed by atoms with Gasteiger partial charge in [0.2, 0.25) is 0 Å². The molecule has 2 nitrogen and oxygen atoms in total. The van der Waals surface area contributed by atoms with Crippen LogP contribution in [0.3, 0.4) is 0 Å². The Kier molecular flexibility index (Phi) is 4.09. The molecule has 2 aromatic rings. The maximum Gasteiger partial charge on any atom is 0.0794 e. The van der Waals surface area contributed by atoms with Crippen molar-refractivity contribution in [3.8, 4) is 0 Å². The maximum atomic E-state index is 4.12. The van der Waals surface area contributed by atoms with E-state index in [9.17, 15) is 0 Å². The van der Waals surface area contributed by atoms with Crippen molar-refractivity contribution in [2.24, 2.45) is 0 Å². The summed E-state index contributed by atoms with van der Waals surface area (Å²) in [5, 5.41) is 5.79. The maximum absolute atomic E-state index is 4.12. The van der Waals surface area contributed by atoms with Crippen molar-refractivity contribution >= 4 is 22.7 Å². The molecule has 0 aromatic carbocycles. The predicted octanol–water partition coefficient (Wildman–Crippen LogP) is 4.01. The number of nitrogens with one attached hydrogen (secondary N) is 1. The van der Waals surface area contributed by atoms with Gasteiger partial charge in [0.05, 0.1) is 5.51 Å². The first-order valence-corrected chi connectivity index (χ1v) is 7.25. The second kappa shape index (κ2) is 5.57. The van der Waals surface area contributed by atoms with Gasteiger partial charge in [0.1, 0.15) is 0 Å². The molecule has 2 unspecified atom stereocenters. The van der Waals surface area contributed by atoms with Crippen molar-refractivity contribution in [3.05, 3.63) is 39.0 Å². The number of aromatic nitrogens is 1. The third-order valence-electron chi connectivity index (χ3n) is 2.62. The second-order valence-corrected chi connectivity index (χ2v) is 5.67. The van der Waals surface area contributed by atoms with Crippen molar-refractivity contribution in [2.75, 3.05) is 0 Å². The van der Waals surface area contributed by atoms with Gasteiger partial charge >= 0.3 is 0 Å². The van der Waals surface area contributed by atoms with Gasteiger partial charge in [-0.3, -0.25) is 4.98 Å². The summed E-state index contributed by atoms with van der Waals surface area (Å²) >= 11 is 3.53. The molecule has 86 valence electrons. The van der Waals surface area contributed by atoms with Crippen LogP contribution >= 0.6 is 22.7 Å². The summed E-state index contributed by atoms with van der Waals surface area (Å²) < 4.78 is 0. The topological polar surface area (TPSA) is 24.9 Å². The van der Waals surface area contributed by atoms with Crippen LogP contribution in [0.15, 0.2) is 29.2 Å². The minimum absolute atomic E-state index is 0.375. The molecule has 0 aliphatic heterocycles. The number of hydrogen-bond donors (Lipinski definition) is 1. The highest BCUT2D eigenvalue weighted by molar-refractivity contribution is 7.10. The van der Waals surface area contributed by atoms with Gasteiger partial charge in [-0.1, -0.05) is 13.0 Å². The fourth-order valence-electron chi connectivity index (χ4n) is 1.71. The highest BCUT2D eigenvalue weighted by atomic mass is 32.1. The number of rotatable bonds is 5. The molecule has 0 spiro atoms. The smallest absolute Gasteiger partial charge is 0.0794 e. The number of thiophene rings is 1. The minimum Gasteiger partial charge on any atom is -0.302 e. The van der Waals surface area contributed by atoms with Crippen LogP contribution in [0.1, 0.15) is 42.1 Å². The van der Waals surface area contributed by atoms with Crippen molar-refractivity contribution in [1.29, 1.82) is 0 Å². The molecule has 2 atom stereocenters. The lowest BCUT2D eigenvalue weighted by Gasteiger charge is -2.20. The first-order chi connectivity index (χ1) is 7.81. The zero-order valence-electron chi connectivity index (χ0n) is 9.51. The second-order valence-electron chi connectivity index (χ2n) is 3.77. The Labute approximate surface area is 104 Å². The number of hydrogen-bond acceptors (Lipinski definition) is 4. The van der Waals surface area contributed by atoms with E-state index < -0.39 is 0 Å². The molecule has 0 radical (unpaired) electrons. The Morgan fingerprint density at radius 3 is 2.81 bits per heavy atom. The summed E-state index contributed by atoms with van der Waals surface area (Å²) in [6, 6.07) is 5.14. The zero-order chi connectivity index (χ0) is 11.4. The highest BCUT2D eigenvalue weighted by Gasteiger charge is 2.15. The molecule has 0 fully saturated rings. The number of nitrogens with zero attached hydrogens (tertiary/aromatic N) is 1. The molecule has 0 amide bonds. The highest BCUT2D eigenvalue weighted by Crippen LogP contribution is 2.26. The quantitative estimate of drug-likeness (QED) is 0.869. The van der Waals surface area contributed by atoms with Gasteiger partial charge in [-0.25, -0.2) is 0 Å². The van der Waals surface area contributed by atoms with Crippen LogP contribution in [0.4, 0.5) is 0 Å². The summed E-state index contributed by atoms with van der Waals surface area (Å²) in [6.07, 6.45) is 3.06. The molecule has 2 heterocycles. The Balaban J connectivity index is 2.02. The summed E-state index contributed by atoms with van der Waals surface area (Å²) in [6.45, 7) is 4.42. The van der Waals surface area contributed by atoms with Crippen LogP contribution in [-0.4, -0.2) is 4.98 Å². The van der Waals surface area contributed by atoms with Crippen molar-refractivity contribution in [2.45, 2.75) is 32.4 Å². The van der Waals surface area contributed by atoms with E-state index >= 15 is 0 Å². The van der Waals surface area contributed by atoms with Crippen LogP contribution in [0.5, 0.6) is 0 Å². The Hall–Kier alpha value is -0.710. The first kappa shape index (κ1) is 11.8. The van der Waals surface area contributed by atoms with Crippen LogP contribution in [0.25, 0.3) is 0 Å². The predicted molar refractivity (Wildman–Crippen MR) is 71.0 cm³/mol. The van der Waals surface area contributed by atoms with E-state index in [0.29, 0.717) is 12.1 Å². The molecular formula is C12H16N2S2. The van der Waals surface area contributed by atoms with Gasteiger partial charge < -0.3 is 5.32 Å². The van der Waals surface area contributed by atoms with E-state index in [0.717, 1.165) is 6.42 Å². The van der Waals surface area contributed by atoms with E-state index in [4.69, 9.17) is 0 Å². The van der Waals surface area contributed by atoms with E-state index in [1.807, 2.05) is 23.0 Å². The van der Waals surface area contributed by atoms with Gasteiger partial charge in [0.25, 0.3) is 0 Å². The molecule has 0 aliphatic carbocycles. The number of thiazole rings is 1. The molecule has 0 saturated carbocycles. The largest absolute Gasteiger partial charge is 0.302 e. The molecule has 0 bridgehead atoms. The zero-order valence-corrected chi connectivity index (χ0v) is 11.1. The molecule has 4 heteroatoms. The lowest BCUT2D eigenvalue weighted by atomic mass is 10.1. The van der Waals surface area contributed by atoms with Crippen LogP contribution in [-0.2, 0) is 0 Å². The standard InChI is InChI=1S/C12H16N2S2/c1-3-10(11-5-4-6-15-11)14-9(2)12-7-13-8-16-12/h4-10,14H,3H2,1-2H3. The summed E-state index contributed by atoms with van der Waals surface area (Å²) in [5.41, 5.74) is 1.89. The van der Waals surface area contributed by atoms with Gasteiger partial charge in [0.15, 0.2) is 0 Å². The Morgan fingerprint density at radius 1 is 1.38 bits per heavy atom. The monoisotopic (exact) mass is 252 g/mol. The van der Waals surface area contributed by atoms with Gasteiger partial charge in [-0.05, 0) is 24.8 Å². The summed E-state index contributed by atoms with van der Waals surface area (Å²) in [5.74, 6) is 0. The minimum atomic E-state index is 0.375. The SMILES string of the molecule is CCC(NC(C)c1cncs1)c1cccs1. The average Bonchev–Trinajstić information content (AvgIpc) is 2.96. The van der Waals surface area contributed by atoms with Crippen molar-refractivity contribution in [3.63, 3.8) is 0 Å². The normalized spacial score (nSPS) is 14.9. The van der Waals surface area contributed by atoms with Crippen molar-refractivity contribution < 1.29 is 0 Å². The fourth-order valence-corrected chi connectivity index (χ4v) is 3.22. The van der Waals surface area contributed by atoms with Crippen LogP contribution < -0.4 is 5.32 Å². The Morgan fingerprint density at radius 2 is 2.25 bits per heavy atom. The Bertz CT molecular complexity index is 395. The summed E-state index contributed by atoms with van der Waals surface area (Å²) in [7, 11) is 0. The van der Waals surface area contributed by atoms with E-state index in [1.54, 1.807) is 11.3 Å². The van der Waals surface area contributed by atoms with Gasteiger partial charge in [-0.15, -0.1) is 22.7 Å². The first-order valence-electron chi connectivity index (χ1n) is 5.49. The van der Waals surface area contributed by atoms with Gasteiger partial charge in [-0.2, -0.15) is 0 Å². The van der Waals surface area contributed by atoms with E-state index in [-0.39, 0.29) is 0 Å². The lowest BCUT2D eigenvalue weighted by molar-refractivity contribution is 0.466.